The van der Waals surface area contributed by atoms with Crippen LogP contribution in [0, 0.1) is 6.92 Å². The fourth-order valence-corrected chi connectivity index (χ4v) is 3.40. The molecule has 2 rings (SSSR count). The molecule has 1 aromatic carbocycles. The zero-order chi connectivity index (χ0) is 15.6. The van der Waals surface area contributed by atoms with Crippen molar-refractivity contribution < 1.29 is 8.42 Å². The molecule has 5 nitrogen and oxygen atoms in total. The van der Waals surface area contributed by atoms with E-state index >= 15 is 0 Å². The lowest BCUT2D eigenvalue weighted by Crippen LogP contribution is -2.14. The van der Waals surface area contributed by atoms with Crippen LogP contribution in [0.4, 0.5) is 5.69 Å². The van der Waals surface area contributed by atoms with Crippen molar-refractivity contribution in [1.82, 2.24) is 9.78 Å². The van der Waals surface area contributed by atoms with Gasteiger partial charge in [-0.15, -0.1) is 0 Å². The van der Waals surface area contributed by atoms with E-state index in [4.69, 9.17) is 0 Å². The van der Waals surface area contributed by atoms with Crippen LogP contribution in [-0.4, -0.2) is 18.2 Å². The molecule has 0 saturated carbocycles. The first-order valence-corrected chi connectivity index (χ1v) is 8.50. The minimum atomic E-state index is -3.62. The van der Waals surface area contributed by atoms with Gasteiger partial charge >= 0.3 is 0 Å². The first kappa shape index (κ1) is 15.6. The molecule has 0 aliphatic rings. The summed E-state index contributed by atoms with van der Waals surface area (Å²) in [7, 11) is -3.62. The van der Waals surface area contributed by atoms with Gasteiger partial charge in [-0.1, -0.05) is 25.1 Å². The summed E-state index contributed by atoms with van der Waals surface area (Å²) < 4.78 is 29.5. The first-order valence-electron chi connectivity index (χ1n) is 7.01. The Balaban J connectivity index is 2.39. The van der Waals surface area contributed by atoms with E-state index in [1.54, 1.807) is 23.9 Å². The minimum Gasteiger partial charge on any atom is -0.279 e. The smallest absolute Gasteiger partial charge is 0.265 e. The number of rotatable bonds is 5. The molecule has 0 saturated heterocycles. The predicted molar refractivity (Wildman–Crippen MR) is 84.0 cm³/mol. The van der Waals surface area contributed by atoms with Gasteiger partial charge in [0.25, 0.3) is 10.0 Å². The van der Waals surface area contributed by atoms with Gasteiger partial charge in [0.05, 0.1) is 11.4 Å². The Morgan fingerprint density at radius 1 is 1.29 bits per heavy atom. The summed E-state index contributed by atoms with van der Waals surface area (Å²) in [5.41, 5.74) is 2.09. The molecule has 0 atom stereocenters. The molecule has 0 fully saturated rings. The van der Waals surface area contributed by atoms with E-state index in [0.717, 1.165) is 12.0 Å². The standard InChI is InChI=1S/C15H21N3O2S/c1-5-13-8-6-7-9-14(13)17-21(19,20)15-10-18(11(2)3)16-12(15)4/h6-11,17H,5H2,1-4H3. The third kappa shape index (κ3) is 3.26. The molecule has 2 aromatic rings. The monoisotopic (exact) mass is 307 g/mol. The molecular formula is C15H21N3O2S. The van der Waals surface area contributed by atoms with Gasteiger partial charge in [0, 0.05) is 12.2 Å². The van der Waals surface area contributed by atoms with E-state index < -0.39 is 10.0 Å². The number of anilines is 1. The zero-order valence-corrected chi connectivity index (χ0v) is 13.6. The highest BCUT2D eigenvalue weighted by molar-refractivity contribution is 7.92. The Bertz CT molecular complexity index is 733. The van der Waals surface area contributed by atoms with Gasteiger partial charge < -0.3 is 0 Å². The number of nitrogens with one attached hydrogen (secondary N) is 1. The molecule has 0 spiro atoms. The van der Waals surface area contributed by atoms with Crippen LogP contribution >= 0.6 is 0 Å². The van der Waals surface area contributed by atoms with Crippen LogP contribution < -0.4 is 4.72 Å². The molecule has 1 N–H and O–H groups in total. The molecule has 1 aromatic heterocycles. The number of aromatic nitrogens is 2. The summed E-state index contributed by atoms with van der Waals surface area (Å²) in [5.74, 6) is 0. The first-order chi connectivity index (χ1) is 9.85. The summed E-state index contributed by atoms with van der Waals surface area (Å²) in [5, 5.41) is 4.26. The van der Waals surface area contributed by atoms with Crippen LogP contribution in [0.15, 0.2) is 35.4 Å². The number of para-hydroxylation sites is 1. The van der Waals surface area contributed by atoms with Gasteiger partial charge in [0.1, 0.15) is 4.90 Å². The Labute approximate surface area is 126 Å². The Kier molecular flexibility index (Phi) is 4.37. The second-order valence-corrected chi connectivity index (χ2v) is 6.92. The zero-order valence-electron chi connectivity index (χ0n) is 12.8. The molecule has 6 heteroatoms. The number of aryl methyl sites for hydroxylation is 2. The summed E-state index contributed by atoms with van der Waals surface area (Å²) >= 11 is 0. The molecule has 0 aliphatic heterocycles. The normalized spacial score (nSPS) is 11.9. The fraction of sp³-hybridized carbons (Fsp3) is 0.400. The quantitative estimate of drug-likeness (QED) is 0.923. The molecule has 0 amide bonds. The third-order valence-corrected chi connectivity index (χ3v) is 4.80. The van der Waals surface area contributed by atoms with Crippen molar-refractivity contribution in [1.29, 1.82) is 0 Å². The maximum absolute atomic E-state index is 12.6. The lowest BCUT2D eigenvalue weighted by Gasteiger charge is -2.10. The second kappa shape index (κ2) is 5.89. The lowest BCUT2D eigenvalue weighted by molar-refractivity contribution is 0.528. The minimum absolute atomic E-state index is 0.121. The third-order valence-electron chi connectivity index (χ3n) is 3.33. The van der Waals surface area contributed by atoms with Crippen LogP contribution in [0.5, 0.6) is 0 Å². The van der Waals surface area contributed by atoms with E-state index in [2.05, 4.69) is 9.82 Å². The predicted octanol–water partition coefficient (Wildman–Crippen LogP) is 3.14. The highest BCUT2D eigenvalue weighted by Gasteiger charge is 2.21. The van der Waals surface area contributed by atoms with Crippen molar-refractivity contribution in [3.05, 3.63) is 41.7 Å². The lowest BCUT2D eigenvalue weighted by atomic mass is 10.1. The van der Waals surface area contributed by atoms with E-state index in [0.29, 0.717) is 11.4 Å². The number of hydrogen-bond donors (Lipinski definition) is 1. The van der Waals surface area contributed by atoms with Gasteiger partial charge in [-0.25, -0.2) is 8.42 Å². The summed E-state index contributed by atoms with van der Waals surface area (Å²) in [6.07, 6.45) is 2.35. The topological polar surface area (TPSA) is 64.0 Å². The second-order valence-electron chi connectivity index (χ2n) is 5.27. The highest BCUT2D eigenvalue weighted by atomic mass is 32.2. The molecular weight excluding hydrogens is 286 g/mol. The van der Waals surface area contributed by atoms with E-state index in [1.165, 1.54) is 0 Å². The SMILES string of the molecule is CCc1ccccc1NS(=O)(=O)c1cn(C(C)C)nc1C. The van der Waals surface area contributed by atoms with Crippen molar-refractivity contribution >= 4 is 15.7 Å². The van der Waals surface area contributed by atoms with Crippen LogP contribution in [0.2, 0.25) is 0 Å². The van der Waals surface area contributed by atoms with Crippen molar-refractivity contribution in [2.45, 2.75) is 45.1 Å². The Hall–Kier alpha value is -1.82. The van der Waals surface area contributed by atoms with Gasteiger partial charge in [-0.05, 0) is 38.8 Å². The van der Waals surface area contributed by atoms with Gasteiger partial charge in [-0.3, -0.25) is 9.40 Å². The maximum Gasteiger partial charge on any atom is 0.265 e. The van der Waals surface area contributed by atoms with Crippen LogP contribution in [-0.2, 0) is 16.4 Å². The molecule has 114 valence electrons. The van der Waals surface area contributed by atoms with E-state index in [1.807, 2.05) is 39.0 Å². The highest BCUT2D eigenvalue weighted by Crippen LogP contribution is 2.22. The summed E-state index contributed by atoms with van der Waals surface area (Å²) in [6, 6.07) is 7.54. The van der Waals surface area contributed by atoms with Crippen molar-refractivity contribution in [3.63, 3.8) is 0 Å². The molecule has 21 heavy (non-hydrogen) atoms. The van der Waals surface area contributed by atoms with Gasteiger partial charge in [-0.2, -0.15) is 5.10 Å². The Morgan fingerprint density at radius 2 is 1.95 bits per heavy atom. The van der Waals surface area contributed by atoms with Crippen molar-refractivity contribution in [3.8, 4) is 0 Å². The molecule has 0 bridgehead atoms. The Morgan fingerprint density at radius 3 is 2.52 bits per heavy atom. The largest absolute Gasteiger partial charge is 0.279 e. The number of sulfonamides is 1. The van der Waals surface area contributed by atoms with E-state index in [9.17, 15) is 8.42 Å². The van der Waals surface area contributed by atoms with Gasteiger partial charge in [0.15, 0.2) is 0 Å². The average molecular weight is 307 g/mol. The molecule has 0 aliphatic carbocycles. The molecule has 0 unspecified atom stereocenters. The van der Waals surface area contributed by atoms with Crippen LogP contribution in [0.1, 0.15) is 38.1 Å². The van der Waals surface area contributed by atoms with Crippen molar-refractivity contribution in [2.24, 2.45) is 0 Å². The number of nitrogens with zero attached hydrogens (tertiary/aromatic N) is 2. The fourth-order valence-electron chi connectivity index (χ4n) is 2.12. The van der Waals surface area contributed by atoms with Crippen LogP contribution in [0.3, 0.4) is 0 Å². The van der Waals surface area contributed by atoms with E-state index in [-0.39, 0.29) is 10.9 Å². The molecule has 1 heterocycles. The average Bonchev–Trinajstić information content (AvgIpc) is 2.82. The number of hydrogen-bond acceptors (Lipinski definition) is 3. The number of benzene rings is 1. The maximum atomic E-state index is 12.6. The summed E-state index contributed by atoms with van der Waals surface area (Å²) in [4.78, 5) is 0.224. The van der Waals surface area contributed by atoms with Crippen molar-refractivity contribution in [2.75, 3.05) is 4.72 Å². The molecule has 0 radical (unpaired) electrons. The van der Waals surface area contributed by atoms with Gasteiger partial charge in [0.2, 0.25) is 0 Å². The van der Waals surface area contributed by atoms with Crippen LogP contribution in [0.25, 0.3) is 0 Å². The summed E-state index contributed by atoms with van der Waals surface area (Å²) in [6.45, 7) is 7.62.